The second-order valence-corrected chi connectivity index (χ2v) is 7.07. The van der Waals surface area contributed by atoms with E-state index in [0.29, 0.717) is 23.0 Å². The Labute approximate surface area is 175 Å². The van der Waals surface area contributed by atoms with Gasteiger partial charge < -0.3 is 19.7 Å². The van der Waals surface area contributed by atoms with Gasteiger partial charge in [-0.15, -0.1) is 0 Å². The zero-order valence-corrected chi connectivity index (χ0v) is 17.0. The minimum atomic E-state index is -4.30. The van der Waals surface area contributed by atoms with Crippen LogP contribution in [0.4, 0.5) is 30.6 Å². The molecule has 3 aromatic heterocycles. The number of ether oxygens (including phenoxy) is 2. The Bertz CT molecular complexity index is 1090. The number of aryl methyl sites for hydroxylation is 1. The minimum absolute atomic E-state index is 0.0878. The average molecular weight is 435 g/mol. The highest BCUT2D eigenvalue weighted by atomic mass is 19.4. The van der Waals surface area contributed by atoms with Gasteiger partial charge >= 0.3 is 6.18 Å². The van der Waals surface area contributed by atoms with Crippen LogP contribution in [0.1, 0.15) is 12.1 Å². The maximum Gasteiger partial charge on any atom is 0.391 e. The molecule has 31 heavy (non-hydrogen) atoms. The number of anilines is 3. The van der Waals surface area contributed by atoms with Crippen molar-refractivity contribution < 1.29 is 22.6 Å². The molecule has 4 heterocycles. The van der Waals surface area contributed by atoms with Crippen molar-refractivity contribution in [1.82, 2.24) is 24.5 Å². The third-order valence-corrected chi connectivity index (χ3v) is 4.78. The molecule has 1 aliphatic rings. The fraction of sp³-hybridized carbons (Fsp3) is 0.368. The number of aromatic nitrogens is 5. The number of hydrogen-bond acceptors (Lipinski definition) is 8. The molecule has 4 rings (SSSR count). The van der Waals surface area contributed by atoms with Crippen molar-refractivity contribution in [2.75, 3.05) is 31.0 Å². The van der Waals surface area contributed by atoms with Crippen molar-refractivity contribution in [2.24, 2.45) is 0 Å². The van der Waals surface area contributed by atoms with Crippen LogP contribution in [0.5, 0.6) is 11.5 Å². The van der Waals surface area contributed by atoms with E-state index >= 15 is 0 Å². The molecule has 0 saturated heterocycles. The van der Waals surface area contributed by atoms with Gasteiger partial charge in [-0.1, -0.05) is 0 Å². The predicted molar refractivity (Wildman–Crippen MR) is 106 cm³/mol. The molecule has 0 aliphatic carbocycles. The molecule has 0 bridgehead atoms. The van der Waals surface area contributed by atoms with Crippen molar-refractivity contribution in [2.45, 2.75) is 25.6 Å². The molecule has 0 spiro atoms. The highest BCUT2D eigenvalue weighted by Gasteiger charge is 2.37. The normalized spacial score (nSPS) is 15.9. The number of hydrogen-bond donors (Lipinski definition) is 1. The monoisotopic (exact) mass is 435 g/mol. The molecule has 0 aromatic carbocycles. The van der Waals surface area contributed by atoms with Crippen molar-refractivity contribution >= 4 is 17.5 Å². The zero-order chi connectivity index (χ0) is 22.2. The summed E-state index contributed by atoms with van der Waals surface area (Å²) in [6, 6.07) is 0.850. The Morgan fingerprint density at radius 1 is 1.23 bits per heavy atom. The van der Waals surface area contributed by atoms with E-state index < -0.39 is 18.6 Å². The Morgan fingerprint density at radius 3 is 2.71 bits per heavy atom. The number of nitrogens with zero attached hydrogens (tertiary/aromatic N) is 6. The van der Waals surface area contributed by atoms with E-state index in [1.807, 2.05) is 13.1 Å². The highest BCUT2D eigenvalue weighted by molar-refractivity contribution is 5.62. The molecule has 0 radical (unpaired) electrons. The van der Waals surface area contributed by atoms with Crippen LogP contribution in [-0.2, 0) is 0 Å². The number of likely N-dealkylation sites (N-methyl/N-ethyl adjacent to an activating group) is 1. The molecule has 164 valence electrons. The molecule has 12 heteroatoms. The largest absolute Gasteiger partial charge is 0.493 e. The summed E-state index contributed by atoms with van der Waals surface area (Å²) in [6.07, 6.45) is 1.16. The molecule has 1 unspecified atom stereocenters. The number of alkyl halides is 3. The van der Waals surface area contributed by atoms with Crippen molar-refractivity contribution in [3.8, 4) is 17.3 Å². The van der Waals surface area contributed by atoms with E-state index in [-0.39, 0.29) is 18.4 Å². The molecular formula is C19H20F3N7O2. The third kappa shape index (κ3) is 4.47. The fourth-order valence-electron chi connectivity index (χ4n) is 3.23. The summed E-state index contributed by atoms with van der Waals surface area (Å²) in [4.78, 5) is 18.6. The van der Waals surface area contributed by atoms with Crippen LogP contribution < -0.4 is 19.7 Å². The second kappa shape index (κ2) is 7.93. The first-order chi connectivity index (χ1) is 14.7. The standard InChI is InChI=1S/C19H20F3N7O2/c1-11-8-29(10-25-11)16-14(30-3)4-12(6-23-16)26-18-24-7-15-17(27-18)28(2)13(9-31-15)5-19(20,21)22/h4,6-8,10,13H,5,9H2,1-3H3,(H,24,26,27). The van der Waals surface area contributed by atoms with Crippen molar-refractivity contribution in [3.63, 3.8) is 0 Å². The number of imidazole rings is 1. The lowest BCUT2D eigenvalue weighted by atomic mass is 10.1. The van der Waals surface area contributed by atoms with Crippen LogP contribution in [0, 0.1) is 6.92 Å². The van der Waals surface area contributed by atoms with Gasteiger partial charge in [-0.2, -0.15) is 18.2 Å². The van der Waals surface area contributed by atoms with E-state index in [4.69, 9.17) is 9.47 Å². The summed E-state index contributed by atoms with van der Waals surface area (Å²) < 4.78 is 51.1. The first-order valence-corrected chi connectivity index (χ1v) is 9.35. The van der Waals surface area contributed by atoms with Crippen LogP contribution in [0.15, 0.2) is 31.0 Å². The number of pyridine rings is 1. The number of rotatable bonds is 5. The van der Waals surface area contributed by atoms with Crippen LogP contribution in [-0.4, -0.2) is 57.5 Å². The Balaban J connectivity index is 1.57. The number of nitrogens with one attached hydrogen (secondary N) is 1. The Morgan fingerprint density at radius 2 is 2.03 bits per heavy atom. The van der Waals surface area contributed by atoms with Crippen LogP contribution >= 0.6 is 0 Å². The smallest absolute Gasteiger partial charge is 0.391 e. The van der Waals surface area contributed by atoms with E-state index in [9.17, 15) is 13.2 Å². The topological polar surface area (TPSA) is 90.2 Å². The maximum absolute atomic E-state index is 12.8. The SMILES string of the molecule is COc1cc(Nc2ncc3c(n2)N(C)C(CC(F)(F)F)CO3)cnc1-n1cnc(C)c1. The Hall–Kier alpha value is -3.57. The van der Waals surface area contributed by atoms with E-state index in [1.54, 1.807) is 30.2 Å². The third-order valence-electron chi connectivity index (χ3n) is 4.78. The van der Waals surface area contributed by atoms with Gasteiger partial charge in [0.25, 0.3) is 0 Å². The van der Waals surface area contributed by atoms with Crippen molar-refractivity contribution in [3.05, 3.63) is 36.7 Å². The summed E-state index contributed by atoms with van der Waals surface area (Å²) in [6.45, 7) is 1.78. The lowest BCUT2D eigenvalue weighted by molar-refractivity contribution is -0.140. The lowest BCUT2D eigenvalue weighted by Crippen LogP contribution is -2.43. The zero-order valence-electron chi connectivity index (χ0n) is 17.0. The molecule has 0 fully saturated rings. The summed E-state index contributed by atoms with van der Waals surface area (Å²) in [5, 5.41) is 3.00. The minimum Gasteiger partial charge on any atom is -0.493 e. The van der Waals surface area contributed by atoms with Crippen molar-refractivity contribution in [1.29, 1.82) is 0 Å². The quantitative estimate of drug-likeness (QED) is 0.653. The first kappa shape index (κ1) is 20.7. The number of halogens is 3. The van der Waals surface area contributed by atoms with Gasteiger partial charge in [0.15, 0.2) is 23.1 Å². The molecular weight excluding hydrogens is 415 g/mol. The highest BCUT2D eigenvalue weighted by Crippen LogP contribution is 2.35. The number of methoxy groups -OCH3 is 1. The molecule has 3 aromatic rings. The molecule has 1 atom stereocenters. The summed E-state index contributed by atoms with van der Waals surface area (Å²) >= 11 is 0. The van der Waals surface area contributed by atoms with Crippen LogP contribution in [0.2, 0.25) is 0 Å². The van der Waals surface area contributed by atoms with Gasteiger partial charge in [-0.05, 0) is 6.92 Å². The average Bonchev–Trinajstić information content (AvgIpc) is 3.15. The lowest BCUT2D eigenvalue weighted by Gasteiger charge is -2.35. The van der Waals surface area contributed by atoms with E-state index in [2.05, 4.69) is 25.3 Å². The van der Waals surface area contributed by atoms with Gasteiger partial charge in [-0.25, -0.2) is 15.0 Å². The molecule has 0 saturated carbocycles. The van der Waals surface area contributed by atoms with Gasteiger partial charge in [0.05, 0.1) is 43.3 Å². The maximum atomic E-state index is 12.8. The van der Waals surface area contributed by atoms with Gasteiger partial charge in [0.1, 0.15) is 12.9 Å². The van der Waals surface area contributed by atoms with Crippen LogP contribution in [0.25, 0.3) is 5.82 Å². The van der Waals surface area contributed by atoms with Gasteiger partial charge in [0.2, 0.25) is 5.95 Å². The molecule has 9 nitrogen and oxygen atoms in total. The second-order valence-electron chi connectivity index (χ2n) is 7.07. The van der Waals surface area contributed by atoms with E-state index in [0.717, 1.165) is 5.69 Å². The van der Waals surface area contributed by atoms with Crippen LogP contribution in [0.3, 0.4) is 0 Å². The molecule has 0 amide bonds. The molecule has 1 N–H and O–H groups in total. The summed E-state index contributed by atoms with van der Waals surface area (Å²) in [7, 11) is 3.08. The summed E-state index contributed by atoms with van der Waals surface area (Å²) in [5.74, 6) is 1.85. The summed E-state index contributed by atoms with van der Waals surface area (Å²) in [5.41, 5.74) is 1.38. The predicted octanol–water partition coefficient (Wildman–Crippen LogP) is 3.27. The Kier molecular flexibility index (Phi) is 5.29. The molecule has 1 aliphatic heterocycles. The fourth-order valence-corrected chi connectivity index (χ4v) is 3.23. The van der Waals surface area contributed by atoms with E-state index in [1.165, 1.54) is 18.2 Å². The van der Waals surface area contributed by atoms with Gasteiger partial charge in [-0.3, -0.25) is 4.57 Å². The number of fused-ring (bicyclic) bond motifs is 1. The van der Waals surface area contributed by atoms with Gasteiger partial charge in [0, 0.05) is 19.3 Å². The first-order valence-electron chi connectivity index (χ1n) is 9.35.